The predicted octanol–water partition coefficient (Wildman–Crippen LogP) is 5.09. The van der Waals surface area contributed by atoms with Crippen LogP contribution in [0.3, 0.4) is 0 Å². The molecule has 1 amide bonds. The quantitative estimate of drug-likeness (QED) is 0.327. The van der Waals surface area contributed by atoms with Gasteiger partial charge in [-0.15, -0.1) is 0 Å². The van der Waals surface area contributed by atoms with Gasteiger partial charge in [0.25, 0.3) is 11.6 Å². The van der Waals surface area contributed by atoms with Crippen LogP contribution in [0.25, 0.3) is 6.08 Å². The summed E-state index contributed by atoms with van der Waals surface area (Å²) >= 11 is 0. The molecule has 7 heteroatoms. The molecule has 164 valence electrons. The molecule has 0 aliphatic carbocycles. The number of ketones is 1. The van der Waals surface area contributed by atoms with E-state index in [1.165, 1.54) is 29.2 Å². The number of rotatable bonds is 6. The molecule has 3 aromatic carbocycles. The summed E-state index contributed by atoms with van der Waals surface area (Å²) in [6.45, 7) is 1.84. The van der Waals surface area contributed by atoms with Crippen molar-refractivity contribution >= 4 is 29.1 Å². The van der Waals surface area contributed by atoms with Crippen LogP contribution in [0.5, 0.6) is 0 Å². The number of benzene rings is 3. The van der Waals surface area contributed by atoms with Gasteiger partial charge in [-0.05, 0) is 42.3 Å². The van der Waals surface area contributed by atoms with Crippen molar-refractivity contribution in [3.05, 3.63) is 123 Å². The first-order chi connectivity index (χ1) is 15.9. The summed E-state index contributed by atoms with van der Waals surface area (Å²) in [7, 11) is 0. The summed E-state index contributed by atoms with van der Waals surface area (Å²) in [4.78, 5) is 38.8. The van der Waals surface area contributed by atoms with Crippen LogP contribution >= 0.6 is 0 Å². The first-order valence-corrected chi connectivity index (χ1v) is 10.2. The Morgan fingerprint density at radius 3 is 2.42 bits per heavy atom. The van der Waals surface area contributed by atoms with E-state index in [2.05, 4.69) is 0 Å². The highest BCUT2D eigenvalue weighted by atomic mass is 16.6. The lowest BCUT2D eigenvalue weighted by Crippen LogP contribution is -2.31. The van der Waals surface area contributed by atoms with E-state index in [0.717, 1.165) is 11.1 Å². The highest BCUT2D eigenvalue weighted by Gasteiger charge is 2.46. The molecular formula is C26H20N2O5. The summed E-state index contributed by atoms with van der Waals surface area (Å²) in [5.74, 6) is -2.12. The SMILES string of the molecule is Cc1cccc(N2C(=O)C(O)=C(C(=O)C=Cc3ccccc3)C2c2ccccc2[N+](=O)[O-])c1. The molecule has 4 rings (SSSR count). The number of para-hydroxylation sites is 1. The third-order valence-corrected chi connectivity index (χ3v) is 5.41. The van der Waals surface area contributed by atoms with Gasteiger partial charge in [0.2, 0.25) is 0 Å². The Morgan fingerprint density at radius 1 is 1.03 bits per heavy atom. The Kier molecular flexibility index (Phi) is 5.87. The number of nitro benzene ring substituents is 1. The van der Waals surface area contributed by atoms with Gasteiger partial charge >= 0.3 is 0 Å². The normalized spacial score (nSPS) is 16.0. The number of aliphatic hydroxyl groups is 1. The minimum atomic E-state index is -1.16. The second-order valence-electron chi connectivity index (χ2n) is 7.60. The van der Waals surface area contributed by atoms with Gasteiger partial charge < -0.3 is 5.11 Å². The molecular weight excluding hydrogens is 420 g/mol. The number of nitrogens with zero attached hydrogens (tertiary/aromatic N) is 2. The minimum Gasteiger partial charge on any atom is -0.503 e. The lowest BCUT2D eigenvalue weighted by Gasteiger charge is -2.26. The van der Waals surface area contributed by atoms with Crippen molar-refractivity contribution in [3.8, 4) is 0 Å². The number of allylic oxidation sites excluding steroid dienone is 1. The van der Waals surface area contributed by atoms with Crippen LogP contribution < -0.4 is 4.90 Å². The van der Waals surface area contributed by atoms with Gasteiger partial charge in [-0.3, -0.25) is 24.6 Å². The first-order valence-electron chi connectivity index (χ1n) is 10.2. The topological polar surface area (TPSA) is 101 Å². The number of carbonyl (C=O) groups excluding carboxylic acids is 2. The van der Waals surface area contributed by atoms with E-state index >= 15 is 0 Å². The molecule has 1 unspecified atom stereocenters. The Balaban J connectivity index is 1.87. The number of carbonyl (C=O) groups is 2. The molecule has 0 spiro atoms. The smallest absolute Gasteiger partial charge is 0.294 e. The van der Waals surface area contributed by atoms with Crippen molar-refractivity contribution in [1.29, 1.82) is 0 Å². The molecule has 1 N–H and O–H groups in total. The highest BCUT2D eigenvalue weighted by molar-refractivity contribution is 6.20. The van der Waals surface area contributed by atoms with Gasteiger partial charge in [0.1, 0.15) is 6.04 Å². The fourth-order valence-corrected chi connectivity index (χ4v) is 3.91. The number of anilines is 1. The average Bonchev–Trinajstić information content (AvgIpc) is 3.08. The molecule has 0 fully saturated rings. The van der Waals surface area contributed by atoms with E-state index in [0.29, 0.717) is 5.69 Å². The van der Waals surface area contributed by atoms with Gasteiger partial charge in [0.15, 0.2) is 11.5 Å². The number of aryl methyl sites for hydroxylation is 1. The average molecular weight is 440 g/mol. The first kappa shape index (κ1) is 21.7. The number of amides is 1. The van der Waals surface area contributed by atoms with Crippen molar-refractivity contribution in [2.24, 2.45) is 0 Å². The van der Waals surface area contributed by atoms with E-state index in [-0.39, 0.29) is 16.8 Å². The maximum atomic E-state index is 13.2. The molecule has 3 aromatic rings. The summed E-state index contributed by atoms with van der Waals surface area (Å²) in [6, 6.07) is 20.8. The second kappa shape index (κ2) is 8.92. The molecule has 33 heavy (non-hydrogen) atoms. The van der Waals surface area contributed by atoms with Gasteiger partial charge in [-0.2, -0.15) is 0 Å². The number of nitro groups is 1. The molecule has 1 atom stereocenters. The van der Waals surface area contributed by atoms with E-state index in [1.54, 1.807) is 42.5 Å². The maximum absolute atomic E-state index is 13.2. The molecule has 0 radical (unpaired) electrons. The molecule has 0 aromatic heterocycles. The Hall–Kier alpha value is -4.52. The van der Waals surface area contributed by atoms with Crippen LogP contribution in [-0.2, 0) is 9.59 Å². The van der Waals surface area contributed by atoms with E-state index < -0.39 is 28.4 Å². The Morgan fingerprint density at radius 2 is 1.73 bits per heavy atom. The zero-order chi connectivity index (χ0) is 23.5. The van der Waals surface area contributed by atoms with Crippen LogP contribution in [0, 0.1) is 17.0 Å². The lowest BCUT2D eigenvalue weighted by atomic mass is 9.94. The molecule has 1 aliphatic heterocycles. The summed E-state index contributed by atoms with van der Waals surface area (Å²) < 4.78 is 0. The van der Waals surface area contributed by atoms with Crippen LogP contribution in [0.2, 0.25) is 0 Å². The second-order valence-corrected chi connectivity index (χ2v) is 7.60. The molecule has 1 aliphatic rings. The van der Waals surface area contributed by atoms with Crippen molar-refractivity contribution in [3.63, 3.8) is 0 Å². The predicted molar refractivity (Wildman–Crippen MR) is 125 cm³/mol. The Bertz CT molecular complexity index is 1310. The monoisotopic (exact) mass is 440 g/mol. The molecule has 1 heterocycles. The molecule has 0 saturated heterocycles. The highest BCUT2D eigenvalue weighted by Crippen LogP contribution is 2.44. The zero-order valence-corrected chi connectivity index (χ0v) is 17.7. The van der Waals surface area contributed by atoms with E-state index in [9.17, 15) is 24.8 Å². The third kappa shape index (κ3) is 4.16. The van der Waals surface area contributed by atoms with Crippen molar-refractivity contribution in [2.45, 2.75) is 13.0 Å². The van der Waals surface area contributed by atoms with Crippen molar-refractivity contribution in [2.75, 3.05) is 4.90 Å². The number of hydrogen-bond donors (Lipinski definition) is 1. The van der Waals surface area contributed by atoms with E-state index in [4.69, 9.17) is 0 Å². The fraction of sp³-hybridized carbons (Fsp3) is 0.0769. The summed E-state index contributed by atoms with van der Waals surface area (Å²) in [5, 5.41) is 22.5. The molecule has 7 nitrogen and oxygen atoms in total. The minimum absolute atomic E-state index is 0.137. The van der Waals surface area contributed by atoms with E-state index in [1.807, 2.05) is 31.2 Å². The fourth-order valence-electron chi connectivity index (χ4n) is 3.91. The maximum Gasteiger partial charge on any atom is 0.294 e. The standard InChI is InChI=1S/C26H20N2O5/c1-17-8-7-11-19(16-17)27-24(20-12-5-6-13-21(20)28(32)33)23(25(30)26(27)31)22(29)15-14-18-9-3-2-4-10-18/h2-16,24,30H,1H3. The zero-order valence-electron chi connectivity index (χ0n) is 17.7. The number of aliphatic hydroxyl groups excluding tert-OH is 1. The van der Waals surface area contributed by atoms with Gasteiger partial charge in [0, 0.05) is 11.8 Å². The van der Waals surface area contributed by atoms with Crippen LogP contribution in [0.1, 0.15) is 22.7 Å². The Labute approximate surface area is 190 Å². The number of hydrogen-bond acceptors (Lipinski definition) is 5. The van der Waals surface area contributed by atoms with Crippen molar-refractivity contribution in [1.82, 2.24) is 0 Å². The van der Waals surface area contributed by atoms with Gasteiger partial charge in [-0.25, -0.2) is 0 Å². The van der Waals surface area contributed by atoms with Crippen molar-refractivity contribution < 1.29 is 19.6 Å². The van der Waals surface area contributed by atoms with Crippen LogP contribution in [0.15, 0.2) is 96.3 Å². The molecule has 0 bridgehead atoms. The summed E-state index contributed by atoms with van der Waals surface area (Å²) in [5.41, 5.74) is 1.71. The van der Waals surface area contributed by atoms with Gasteiger partial charge in [0.05, 0.1) is 16.1 Å². The third-order valence-electron chi connectivity index (χ3n) is 5.41. The summed E-state index contributed by atoms with van der Waals surface area (Å²) in [6.07, 6.45) is 2.83. The van der Waals surface area contributed by atoms with Gasteiger partial charge in [-0.1, -0.05) is 60.7 Å². The largest absolute Gasteiger partial charge is 0.503 e. The van der Waals surface area contributed by atoms with Crippen LogP contribution in [-0.4, -0.2) is 21.7 Å². The van der Waals surface area contributed by atoms with Crippen LogP contribution in [0.4, 0.5) is 11.4 Å². The molecule has 0 saturated carbocycles. The lowest BCUT2D eigenvalue weighted by molar-refractivity contribution is -0.385.